The van der Waals surface area contributed by atoms with E-state index in [0.29, 0.717) is 0 Å². The van der Waals surface area contributed by atoms with Gasteiger partial charge in [0.15, 0.2) is 0 Å². The highest BCUT2D eigenvalue weighted by Gasteiger charge is 2.23. The Balaban J connectivity index is 2.47. The van der Waals surface area contributed by atoms with Crippen molar-refractivity contribution in [3.8, 4) is 0 Å². The van der Waals surface area contributed by atoms with E-state index < -0.39 is 0 Å². The maximum atomic E-state index is 13.1. The number of rotatable bonds is 1. The summed E-state index contributed by atoms with van der Waals surface area (Å²) in [6, 6.07) is 6.92. The molecule has 0 aliphatic rings. The van der Waals surface area contributed by atoms with Crippen LogP contribution in [0.1, 0.15) is 31.7 Å². The molecule has 86 valence electrons. The molecule has 1 aromatic heterocycles. The molecule has 1 unspecified atom stereocenters. The minimum atomic E-state index is -0.190. The van der Waals surface area contributed by atoms with Crippen LogP contribution in [0, 0.1) is 11.2 Å². The second kappa shape index (κ2) is 3.82. The number of nitrogens with two attached hydrogens (primary N) is 1. The van der Waals surface area contributed by atoms with Crippen molar-refractivity contribution in [2.75, 3.05) is 0 Å². The summed E-state index contributed by atoms with van der Waals surface area (Å²) in [5, 5.41) is 1.07. The zero-order chi connectivity index (χ0) is 11.9. The Morgan fingerprint density at radius 2 is 1.94 bits per heavy atom. The molecule has 0 saturated heterocycles. The van der Waals surface area contributed by atoms with Gasteiger partial charge in [-0.2, -0.15) is 0 Å². The summed E-state index contributed by atoms with van der Waals surface area (Å²) >= 11 is 1.58. The highest BCUT2D eigenvalue weighted by atomic mass is 32.1. The molecule has 0 spiro atoms. The first-order chi connectivity index (χ1) is 7.38. The average Bonchev–Trinajstić information content (AvgIpc) is 2.57. The molecule has 0 aliphatic carbocycles. The Morgan fingerprint density at radius 3 is 2.56 bits per heavy atom. The van der Waals surface area contributed by atoms with E-state index in [1.54, 1.807) is 23.5 Å². The SMILES string of the molecule is CC(C)(C)C(N)c1cc2ccc(F)cc2s1. The van der Waals surface area contributed by atoms with Gasteiger partial charge in [-0.25, -0.2) is 4.39 Å². The molecule has 2 N–H and O–H groups in total. The molecule has 1 heterocycles. The molecule has 2 aromatic rings. The van der Waals surface area contributed by atoms with Crippen molar-refractivity contribution in [1.82, 2.24) is 0 Å². The first kappa shape index (κ1) is 11.6. The normalized spacial score (nSPS) is 14.3. The minimum Gasteiger partial charge on any atom is -0.323 e. The zero-order valence-electron chi connectivity index (χ0n) is 9.75. The van der Waals surface area contributed by atoms with Crippen molar-refractivity contribution in [2.24, 2.45) is 11.1 Å². The smallest absolute Gasteiger partial charge is 0.124 e. The van der Waals surface area contributed by atoms with Crippen LogP contribution in [0.15, 0.2) is 24.3 Å². The summed E-state index contributed by atoms with van der Waals surface area (Å²) in [5.41, 5.74) is 6.22. The summed E-state index contributed by atoms with van der Waals surface area (Å²) in [6.07, 6.45) is 0. The Kier molecular flexibility index (Phi) is 2.76. The number of benzene rings is 1. The molecular formula is C13H16FNS. The van der Waals surface area contributed by atoms with Crippen LogP contribution in [-0.4, -0.2) is 0 Å². The third-order valence-corrected chi connectivity index (χ3v) is 3.92. The molecule has 2 rings (SSSR count). The van der Waals surface area contributed by atoms with Gasteiger partial charge < -0.3 is 5.73 Å². The molecule has 1 atom stereocenters. The molecule has 16 heavy (non-hydrogen) atoms. The lowest BCUT2D eigenvalue weighted by Crippen LogP contribution is -2.25. The quantitative estimate of drug-likeness (QED) is 0.794. The fourth-order valence-electron chi connectivity index (χ4n) is 1.61. The number of hydrogen-bond donors (Lipinski definition) is 1. The van der Waals surface area contributed by atoms with Gasteiger partial charge in [-0.15, -0.1) is 11.3 Å². The molecule has 0 bridgehead atoms. The van der Waals surface area contributed by atoms with Crippen LogP contribution in [-0.2, 0) is 0 Å². The lowest BCUT2D eigenvalue weighted by atomic mass is 9.86. The molecule has 0 radical (unpaired) electrons. The van der Waals surface area contributed by atoms with E-state index in [1.165, 1.54) is 6.07 Å². The number of halogens is 1. The highest BCUT2D eigenvalue weighted by molar-refractivity contribution is 7.19. The van der Waals surface area contributed by atoms with Crippen molar-refractivity contribution >= 4 is 21.4 Å². The van der Waals surface area contributed by atoms with Crippen LogP contribution in [0.25, 0.3) is 10.1 Å². The van der Waals surface area contributed by atoms with Crippen LogP contribution < -0.4 is 5.73 Å². The van der Waals surface area contributed by atoms with Crippen molar-refractivity contribution < 1.29 is 4.39 Å². The van der Waals surface area contributed by atoms with Crippen molar-refractivity contribution in [2.45, 2.75) is 26.8 Å². The van der Waals surface area contributed by atoms with E-state index in [9.17, 15) is 4.39 Å². The van der Waals surface area contributed by atoms with Gasteiger partial charge in [-0.05, 0) is 29.0 Å². The topological polar surface area (TPSA) is 26.0 Å². The summed E-state index contributed by atoms with van der Waals surface area (Å²) in [4.78, 5) is 1.12. The monoisotopic (exact) mass is 237 g/mol. The minimum absolute atomic E-state index is 0.00652. The number of thiophene rings is 1. The average molecular weight is 237 g/mol. The molecule has 0 amide bonds. The fraction of sp³-hybridized carbons (Fsp3) is 0.385. The molecule has 0 saturated carbocycles. The second-order valence-electron chi connectivity index (χ2n) is 5.17. The van der Waals surface area contributed by atoms with Crippen LogP contribution >= 0.6 is 11.3 Å². The highest BCUT2D eigenvalue weighted by Crippen LogP contribution is 2.37. The lowest BCUT2D eigenvalue weighted by molar-refractivity contribution is 0.331. The van der Waals surface area contributed by atoms with E-state index in [0.717, 1.165) is 15.0 Å². The van der Waals surface area contributed by atoms with Gasteiger partial charge in [-0.3, -0.25) is 0 Å². The van der Waals surface area contributed by atoms with E-state index in [1.807, 2.05) is 0 Å². The third-order valence-electron chi connectivity index (χ3n) is 2.74. The van der Waals surface area contributed by atoms with Crippen LogP contribution in [0.3, 0.4) is 0 Å². The van der Waals surface area contributed by atoms with Crippen LogP contribution in [0.5, 0.6) is 0 Å². The number of hydrogen-bond acceptors (Lipinski definition) is 2. The summed E-state index contributed by atoms with van der Waals surface area (Å²) in [7, 11) is 0. The van der Waals surface area contributed by atoms with Gasteiger partial charge in [-0.1, -0.05) is 26.8 Å². The lowest BCUT2D eigenvalue weighted by Gasteiger charge is -2.25. The first-order valence-corrected chi connectivity index (χ1v) is 6.14. The molecule has 0 fully saturated rings. The summed E-state index contributed by atoms with van der Waals surface area (Å²) < 4.78 is 14.0. The van der Waals surface area contributed by atoms with Gasteiger partial charge in [0.1, 0.15) is 5.82 Å². The predicted octanol–water partition coefficient (Wildman–Crippen LogP) is 4.09. The number of fused-ring (bicyclic) bond motifs is 1. The van der Waals surface area contributed by atoms with Crippen molar-refractivity contribution in [3.05, 3.63) is 35.0 Å². The molecule has 0 aliphatic heterocycles. The summed E-state index contributed by atoms with van der Waals surface area (Å²) in [6.45, 7) is 6.34. The Morgan fingerprint density at radius 1 is 1.25 bits per heavy atom. The van der Waals surface area contributed by atoms with E-state index in [4.69, 9.17) is 5.73 Å². The van der Waals surface area contributed by atoms with E-state index in [-0.39, 0.29) is 17.3 Å². The van der Waals surface area contributed by atoms with Gasteiger partial charge in [0.05, 0.1) is 0 Å². The second-order valence-corrected chi connectivity index (χ2v) is 6.29. The maximum absolute atomic E-state index is 13.1. The zero-order valence-corrected chi connectivity index (χ0v) is 10.6. The van der Waals surface area contributed by atoms with Gasteiger partial charge in [0.25, 0.3) is 0 Å². The predicted molar refractivity (Wildman–Crippen MR) is 68.2 cm³/mol. The third kappa shape index (κ3) is 2.11. The molecule has 3 heteroatoms. The Labute approximate surface area is 99.1 Å². The van der Waals surface area contributed by atoms with Gasteiger partial charge in [0.2, 0.25) is 0 Å². The van der Waals surface area contributed by atoms with E-state index in [2.05, 4.69) is 26.8 Å². The first-order valence-electron chi connectivity index (χ1n) is 5.32. The molecule has 1 aromatic carbocycles. The van der Waals surface area contributed by atoms with Gasteiger partial charge >= 0.3 is 0 Å². The summed E-state index contributed by atoms with van der Waals surface area (Å²) in [5.74, 6) is -0.190. The van der Waals surface area contributed by atoms with Crippen LogP contribution in [0.2, 0.25) is 0 Å². The van der Waals surface area contributed by atoms with E-state index >= 15 is 0 Å². The molecular weight excluding hydrogens is 221 g/mol. The molecule has 1 nitrogen and oxygen atoms in total. The van der Waals surface area contributed by atoms with Crippen molar-refractivity contribution in [3.63, 3.8) is 0 Å². The standard InChI is InChI=1S/C13H16FNS/c1-13(2,3)12(15)11-6-8-4-5-9(14)7-10(8)16-11/h4-7,12H,15H2,1-3H3. The van der Waals surface area contributed by atoms with Gasteiger partial charge in [0, 0.05) is 15.6 Å². The maximum Gasteiger partial charge on any atom is 0.124 e. The Hall–Kier alpha value is -0.930. The van der Waals surface area contributed by atoms with Crippen molar-refractivity contribution in [1.29, 1.82) is 0 Å². The fourth-order valence-corrected chi connectivity index (χ4v) is 2.94. The largest absolute Gasteiger partial charge is 0.323 e. The Bertz CT molecular complexity index is 510. The van der Waals surface area contributed by atoms with Crippen LogP contribution in [0.4, 0.5) is 4.39 Å².